The first-order valence-electron chi connectivity index (χ1n) is 4.12. The van der Waals surface area contributed by atoms with Gasteiger partial charge < -0.3 is 9.94 Å². The Labute approximate surface area is 89.2 Å². The molecule has 0 radical (unpaired) electrons. The summed E-state index contributed by atoms with van der Waals surface area (Å²) in [5.74, 6) is -1.07. The molecule has 0 saturated carbocycles. The van der Waals surface area contributed by atoms with Crippen LogP contribution in [0.5, 0.6) is 5.75 Å². The van der Waals surface area contributed by atoms with E-state index >= 15 is 0 Å². The molecule has 0 spiro atoms. The van der Waals surface area contributed by atoms with Gasteiger partial charge in [0.25, 0.3) is 7.00 Å². The second kappa shape index (κ2) is 5.36. The van der Waals surface area contributed by atoms with Crippen LogP contribution in [0.3, 0.4) is 0 Å². The molecule has 1 aromatic carbocycles. The van der Waals surface area contributed by atoms with Crippen LogP contribution in [0.25, 0.3) is 0 Å². The van der Waals surface area contributed by atoms with Crippen molar-refractivity contribution in [3.8, 4) is 5.75 Å². The molecule has 1 amide bonds. The van der Waals surface area contributed by atoms with Gasteiger partial charge in [0.15, 0.2) is 5.75 Å². The van der Waals surface area contributed by atoms with E-state index in [-0.39, 0.29) is 24.1 Å². The van der Waals surface area contributed by atoms with Crippen LogP contribution in [0, 0.1) is 0 Å². The van der Waals surface area contributed by atoms with Gasteiger partial charge in [-0.05, 0) is 18.2 Å². The fourth-order valence-electron chi connectivity index (χ4n) is 0.850. The maximum absolute atomic E-state index is 10.8. The Balaban J connectivity index is 2.66. The SMILES string of the molecule is O=C(BP)NOc1cccc(C(=O)O)c1. The molecule has 0 fully saturated rings. The number of aromatic carboxylic acids is 1. The molecule has 0 aromatic heterocycles. The molecule has 1 atom stereocenters. The second-order valence-corrected chi connectivity index (χ2v) is 3.07. The quantitative estimate of drug-likeness (QED) is 0.447. The van der Waals surface area contributed by atoms with Gasteiger partial charge in [0.1, 0.15) is 0 Å². The van der Waals surface area contributed by atoms with Crippen LogP contribution in [0.2, 0.25) is 0 Å². The van der Waals surface area contributed by atoms with E-state index in [1.54, 1.807) is 6.07 Å². The van der Waals surface area contributed by atoms with Crippen LogP contribution in [0.1, 0.15) is 10.4 Å². The van der Waals surface area contributed by atoms with Crippen molar-refractivity contribution in [2.45, 2.75) is 0 Å². The fourth-order valence-corrected chi connectivity index (χ4v) is 0.933. The van der Waals surface area contributed by atoms with Gasteiger partial charge in [-0.2, -0.15) is 14.6 Å². The summed E-state index contributed by atoms with van der Waals surface area (Å²) in [6, 6.07) is 5.85. The first-order chi connectivity index (χ1) is 7.13. The summed E-state index contributed by atoms with van der Waals surface area (Å²) in [5.41, 5.74) is 2.27. The first kappa shape index (κ1) is 11.5. The van der Waals surface area contributed by atoms with Crippen LogP contribution < -0.4 is 10.3 Å². The Kier molecular flexibility index (Phi) is 4.12. The first-order valence-corrected chi connectivity index (χ1v) is 4.94. The van der Waals surface area contributed by atoms with Crippen molar-refractivity contribution in [1.82, 2.24) is 5.48 Å². The number of rotatable bonds is 4. The van der Waals surface area contributed by atoms with Crippen LogP contribution in [0.4, 0.5) is 4.79 Å². The van der Waals surface area contributed by atoms with E-state index in [1.165, 1.54) is 18.2 Å². The molecule has 78 valence electrons. The Bertz CT molecular complexity index is 385. The number of carboxylic acids is 1. The Hall–Kier alpha value is -1.55. The number of amides is 1. The molecule has 0 aliphatic carbocycles. The average molecular weight is 225 g/mol. The van der Waals surface area contributed by atoms with E-state index < -0.39 is 5.97 Å². The number of hydroxylamine groups is 1. The highest BCUT2D eigenvalue weighted by Crippen LogP contribution is 2.12. The third-order valence-electron chi connectivity index (χ3n) is 1.55. The molecular weight excluding hydrogens is 216 g/mol. The molecule has 0 aliphatic rings. The number of hydrogen-bond acceptors (Lipinski definition) is 3. The maximum atomic E-state index is 10.8. The highest BCUT2D eigenvalue weighted by atomic mass is 31.0. The largest absolute Gasteiger partial charge is 0.478 e. The van der Waals surface area contributed by atoms with Gasteiger partial charge in [0.05, 0.1) is 5.56 Å². The summed E-state index contributed by atoms with van der Waals surface area (Å²) in [4.78, 5) is 26.3. The van der Waals surface area contributed by atoms with E-state index in [9.17, 15) is 9.59 Å². The van der Waals surface area contributed by atoms with Crippen molar-refractivity contribution in [3.05, 3.63) is 29.8 Å². The summed E-state index contributed by atoms with van der Waals surface area (Å²) in [7, 11) is 2.24. The summed E-state index contributed by atoms with van der Waals surface area (Å²) in [6.07, 6.45) is 0. The van der Waals surface area contributed by atoms with Crippen LogP contribution in [-0.4, -0.2) is 23.9 Å². The van der Waals surface area contributed by atoms with Gasteiger partial charge in [-0.3, -0.25) is 4.79 Å². The monoisotopic (exact) mass is 225 g/mol. The third kappa shape index (κ3) is 3.60. The van der Waals surface area contributed by atoms with Crippen LogP contribution >= 0.6 is 9.12 Å². The molecule has 5 nitrogen and oxygen atoms in total. The Morgan fingerprint density at radius 2 is 2.20 bits per heavy atom. The fraction of sp³-hybridized carbons (Fsp3) is 0. The number of carbonyl (C=O) groups excluding carboxylic acids is 1. The minimum Gasteiger partial charge on any atom is -0.478 e. The van der Waals surface area contributed by atoms with E-state index in [2.05, 4.69) is 14.6 Å². The van der Waals surface area contributed by atoms with Gasteiger partial charge in [0.2, 0.25) is 5.81 Å². The number of nitrogens with one attached hydrogen (secondary N) is 1. The van der Waals surface area contributed by atoms with Crippen molar-refractivity contribution in [1.29, 1.82) is 0 Å². The number of benzene rings is 1. The van der Waals surface area contributed by atoms with Gasteiger partial charge >= 0.3 is 5.97 Å². The van der Waals surface area contributed by atoms with E-state index in [1.807, 2.05) is 0 Å². The average Bonchev–Trinajstić information content (AvgIpc) is 2.26. The minimum absolute atomic E-state index is 0.104. The standard InChI is InChI=1S/C8H9BNO4P/c11-7(12)5-2-1-3-6(4-5)14-10-8(13)9-15/h1-4,9H,15H2,(H,10,13)(H,11,12). The van der Waals surface area contributed by atoms with Crippen molar-refractivity contribution in [2.24, 2.45) is 0 Å². The molecule has 2 N–H and O–H groups in total. The lowest BCUT2D eigenvalue weighted by Crippen LogP contribution is -2.27. The molecule has 1 rings (SSSR count). The topological polar surface area (TPSA) is 75.6 Å². The minimum atomic E-state index is -1.04. The molecular formula is C8H9BNO4P. The number of carbonyl (C=O) groups is 2. The van der Waals surface area contributed by atoms with Crippen molar-refractivity contribution < 1.29 is 19.5 Å². The molecule has 7 heteroatoms. The zero-order valence-electron chi connectivity index (χ0n) is 7.77. The molecule has 1 unspecified atom stereocenters. The van der Waals surface area contributed by atoms with E-state index in [4.69, 9.17) is 9.94 Å². The van der Waals surface area contributed by atoms with Crippen LogP contribution in [-0.2, 0) is 0 Å². The lowest BCUT2D eigenvalue weighted by Gasteiger charge is -2.05. The molecule has 0 bridgehead atoms. The van der Waals surface area contributed by atoms with Crippen molar-refractivity contribution in [2.75, 3.05) is 0 Å². The van der Waals surface area contributed by atoms with Gasteiger partial charge in [-0.1, -0.05) is 6.07 Å². The lowest BCUT2D eigenvalue weighted by atomic mass is 10.1. The molecule has 15 heavy (non-hydrogen) atoms. The summed E-state index contributed by atoms with van der Waals surface area (Å²) in [6.45, 7) is 0.221. The normalized spacial score (nSPS) is 9.13. The number of carboxylic acid groups (broad SMARTS) is 1. The Morgan fingerprint density at radius 3 is 2.80 bits per heavy atom. The molecule has 1 aromatic rings. The molecule has 0 heterocycles. The van der Waals surface area contributed by atoms with Crippen molar-refractivity contribution >= 4 is 27.9 Å². The van der Waals surface area contributed by atoms with Gasteiger partial charge in [0, 0.05) is 0 Å². The molecule has 0 saturated heterocycles. The second-order valence-electron chi connectivity index (χ2n) is 2.66. The zero-order chi connectivity index (χ0) is 11.3. The highest BCUT2D eigenvalue weighted by molar-refractivity contribution is 7.62. The number of hydrogen-bond donors (Lipinski definition) is 2. The Morgan fingerprint density at radius 1 is 1.47 bits per heavy atom. The highest BCUT2D eigenvalue weighted by Gasteiger charge is 2.05. The summed E-state index contributed by atoms with van der Waals surface area (Å²) < 4.78 is 0. The van der Waals surface area contributed by atoms with E-state index in [0.29, 0.717) is 0 Å². The third-order valence-corrected chi connectivity index (χ3v) is 1.92. The lowest BCUT2D eigenvalue weighted by molar-refractivity contribution is 0.0696. The van der Waals surface area contributed by atoms with Gasteiger partial charge in [-0.15, -0.1) is 0 Å². The van der Waals surface area contributed by atoms with Gasteiger partial charge in [-0.25, -0.2) is 4.79 Å². The zero-order valence-corrected chi connectivity index (χ0v) is 8.92. The van der Waals surface area contributed by atoms with Crippen LogP contribution in [0.15, 0.2) is 24.3 Å². The summed E-state index contributed by atoms with van der Waals surface area (Å²) >= 11 is 0. The molecule has 0 aliphatic heterocycles. The predicted octanol–water partition coefficient (Wildman–Crippen LogP) is 0.615. The van der Waals surface area contributed by atoms with Crippen molar-refractivity contribution in [3.63, 3.8) is 0 Å². The van der Waals surface area contributed by atoms with E-state index in [0.717, 1.165) is 0 Å². The summed E-state index contributed by atoms with van der Waals surface area (Å²) in [5, 5.41) is 8.69. The predicted molar refractivity (Wildman–Crippen MR) is 59.4 cm³/mol. The maximum Gasteiger partial charge on any atom is 0.335 e. The smallest absolute Gasteiger partial charge is 0.335 e.